The van der Waals surface area contributed by atoms with Crippen molar-refractivity contribution in [2.24, 2.45) is 0 Å². The molecule has 0 radical (unpaired) electrons. The molecule has 7 heteroatoms. The predicted molar refractivity (Wildman–Crippen MR) is 68.1 cm³/mol. The van der Waals surface area contributed by atoms with E-state index in [9.17, 15) is 14.4 Å². The molecule has 0 aromatic heterocycles. The maximum absolute atomic E-state index is 12.2. The van der Waals surface area contributed by atoms with Crippen molar-refractivity contribution < 1.29 is 19.5 Å². The van der Waals surface area contributed by atoms with Gasteiger partial charge in [0, 0.05) is 12.7 Å². The summed E-state index contributed by atoms with van der Waals surface area (Å²) in [6.07, 6.45) is 0.687. The normalized spacial score (nSPS) is 24.7. The fourth-order valence-corrected chi connectivity index (χ4v) is 3.31. The van der Waals surface area contributed by atoms with Crippen LogP contribution in [0.3, 0.4) is 0 Å². The maximum atomic E-state index is 12.2. The van der Waals surface area contributed by atoms with Gasteiger partial charge in [-0.2, -0.15) is 0 Å². The van der Waals surface area contributed by atoms with E-state index in [1.165, 1.54) is 23.6 Å². The quantitative estimate of drug-likeness (QED) is 0.768. The summed E-state index contributed by atoms with van der Waals surface area (Å²) in [5, 5.41) is 11.5. The van der Waals surface area contributed by atoms with Gasteiger partial charge >= 0.3 is 5.97 Å². The van der Waals surface area contributed by atoms with Crippen molar-refractivity contribution in [2.45, 2.75) is 44.6 Å². The molecule has 0 aromatic carbocycles. The second kappa shape index (κ2) is 6.08. The van der Waals surface area contributed by atoms with Crippen molar-refractivity contribution in [2.75, 3.05) is 5.75 Å². The lowest BCUT2D eigenvalue weighted by atomic mass is 10.2. The van der Waals surface area contributed by atoms with Gasteiger partial charge in [0.1, 0.15) is 12.1 Å². The summed E-state index contributed by atoms with van der Waals surface area (Å²) in [4.78, 5) is 35.6. The highest BCUT2D eigenvalue weighted by Crippen LogP contribution is 2.31. The number of carboxylic acids is 1. The van der Waals surface area contributed by atoms with Crippen LogP contribution < -0.4 is 5.32 Å². The largest absolute Gasteiger partial charge is 0.480 e. The van der Waals surface area contributed by atoms with Crippen molar-refractivity contribution in [1.82, 2.24) is 10.2 Å². The second-order valence-electron chi connectivity index (χ2n) is 4.22. The van der Waals surface area contributed by atoms with Gasteiger partial charge in [0.2, 0.25) is 11.8 Å². The first-order chi connectivity index (χ1) is 8.38. The molecule has 0 aliphatic carbocycles. The van der Waals surface area contributed by atoms with E-state index < -0.39 is 18.1 Å². The predicted octanol–water partition coefficient (Wildman–Crippen LogP) is 0.276. The maximum Gasteiger partial charge on any atom is 0.327 e. The molecular weight excluding hydrogens is 256 g/mol. The summed E-state index contributed by atoms with van der Waals surface area (Å²) in [5.74, 6) is -1.24. The van der Waals surface area contributed by atoms with Crippen LogP contribution in [-0.4, -0.2) is 51.0 Å². The zero-order chi connectivity index (χ0) is 13.9. The number of carbonyl (C=O) groups excluding carboxylic acids is 2. The zero-order valence-electron chi connectivity index (χ0n) is 10.7. The van der Waals surface area contributed by atoms with Crippen molar-refractivity contribution in [1.29, 1.82) is 0 Å². The van der Waals surface area contributed by atoms with Crippen molar-refractivity contribution in [3.05, 3.63) is 0 Å². The number of nitrogens with one attached hydrogen (secondary N) is 1. The van der Waals surface area contributed by atoms with Gasteiger partial charge in [-0.05, 0) is 13.3 Å². The number of thioether (sulfide) groups is 1. The summed E-state index contributed by atoms with van der Waals surface area (Å²) >= 11 is 1.46. The van der Waals surface area contributed by atoms with E-state index in [0.29, 0.717) is 12.2 Å². The Hall–Kier alpha value is -1.24. The minimum absolute atomic E-state index is 0.130. The average molecular weight is 274 g/mol. The number of nitrogens with zero attached hydrogens (tertiary/aromatic N) is 1. The van der Waals surface area contributed by atoms with Gasteiger partial charge in [0.25, 0.3) is 0 Å². The molecule has 1 aliphatic rings. The van der Waals surface area contributed by atoms with Crippen molar-refractivity contribution in [3.8, 4) is 0 Å². The molecule has 1 heterocycles. The van der Waals surface area contributed by atoms with E-state index >= 15 is 0 Å². The summed E-state index contributed by atoms with van der Waals surface area (Å²) < 4.78 is 0. The number of rotatable bonds is 4. The summed E-state index contributed by atoms with van der Waals surface area (Å²) in [6.45, 7) is 4.80. The fraction of sp³-hybridized carbons (Fsp3) is 0.727. The minimum Gasteiger partial charge on any atom is -0.480 e. The van der Waals surface area contributed by atoms with Crippen LogP contribution in [0.4, 0.5) is 0 Å². The lowest BCUT2D eigenvalue weighted by Crippen LogP contribution is -2.53. The van der Waals surface area contributed by atoms with E-state index in [4.69, 9.17) is 5.11 Å². The molecular formula is C11H18N2O4S. The average Bonchev–Trinajstić information content (AvgIpc) is 2.70. The van der Waals surface area contributed by atoms with Gasteiger partial charge in [-0.3, -0.25) is 9.59 Å². The molecule has 3 unspecified atom stereocenters. The van der Waals surface area contributed by atoms with E-state index in [-0.39, 0.29) is 17.2 Å². The summed E-state index contributed by atoms with van der Waals surface area (Å²) in [6, 6.07) is -1.50. The number of carbonyl (C=O) groups is 3. The van der Waals surface area contributed by atoms with E-state index in [1.54, 1.807) is 6.92 Å². The Labute approximate surface area is 110 Å². The smallest absolute Gasteiger partial charge is 0.327 e. The Bertz CT molecular complexity index is 361. The van der Waals surface area contributed by atoms with E-state index in [2.05, 4.69) is 5.32 Å². The van der Waals surface area contributed by atoms with Gasteiger partial charge in [-0.15, -0.1) is 11.8 Å². The van der Waals surface area contributed by atoms with Crippen LogP contribution in [0.25, 0.3) is 0 Å². The number of aliphatic carboxylic acids is 1. The van der Waals surface area contributed by atoms with Crippen LogP contribution in [0.2, 0.25) is 0 Å². The van der Waals surface area contributed by atoms with Gasteiger partial charge in [-0.25, -0.2) is 4.79 Å². The molecule has 6 nitrogen and oxygen atoms in total. The number of hydrogen-bond acceptors (Lipinski definition) is 4. The first-order valence-corrected chi connectivity index (χ1v) is 6.87. The molecule has 102 valence electrons. The zero-order valence-corrected chi connectivity index (χ0v) is 11.5. The second-order valence-corrected chi connectivity index (χ2v) is 5.43. The topological polar surface area (TPSA) is 86.7 Å². The Morgan fingerprint density at radius 2 is 2.11 bits per heavy atom. The Morgan fingerprint density at radius 1 is 1.50 bits per heavy atom. The Balaban J connectivity index is 2.84. The third-order valence-corrected chi connectivity index (χ3v) is 4.22. The number of hydrogen-bond donors (Lipinski definition) is 2. The molecule has 3 atom stereocenters. The highest BCUT2D eigenvalue weighted by molar-refractivity contribution is 8.00. The van der Waals surface area contributed by atoms with Gasteiger partial charge < -0.3 is 15.3 Å². The highest BCUT2D eigenvalue weighted by Gasteiger charge is 2.42. The monoisotopic (exact) mass is 274 g/mol. The third kappa shape index (κ3) is 3.16. The lowest BCUT2D eigenvalue weighted by molar-refractivity contribution is -0.150. The van der Waals surface area contributed by atoms with Crippen LogP contribution in [0.1, 0.15) is 27.2 Å². The lowest BCUT2D eigenvalue weighted by Gasteiger charge is -2.29. The standard InChI is InChI=1S/C11H18N2O4S/c1-4-9-13(8(5-18-9)11(16)17)10(15)6(2)12-7(3)14/h6,8-9H,4-5H2,1-3H3,(H,12,14)(H,16,17). The highest BCUT2D eigenvalue weighted by atomic mass is 32.2. The molecule has 0 spiro atoms. The third-order valence-electron chi connectivity index (χ3n) is 2.77. The van der Waals surface area contributed by atoms with E-state index in [1.807, 2.05) is 6.92 Å². The van der Waals surface area contributed by atoms with E-state index in [0.717, 1.165) is 0 Å². The van der Waals surface area contributed by atoms with Crippen LogP contribution >= 0.6 is 11.8 Å². The first kappa shape index (κ1) is 14.8. The van der Waals surface area contributed by atoms with Crippen LogP contribution in [0.15, 0.2) is 0 Å². The minimum atomic E-state index is -0.998. The molecule has 0 saturated carbocycles. The SMILES string of the molecule is CCC1SCC(C(=O)O)N1C(=O)C(C)NC(C)=O. The van der Waals surface area contributed by atoms with Crippen molar-refractivity contribution in [3.63, 3.8) is 0 Å². The van der Waals surface area contributed by atoms with Gasteiger partial charge in [-0.1, -0.05) is 6.92 Å². The molecule has 1 fully saturated rings. The molecule has 0 aromatic rings. The molecule has 1 aliphatic heterocycles. The van der Waals surface area contributed by atoms with Crippen LogP contribution in [-0.2, 0) is 14.4 Å². The van der Waals surface area contributed by atoms with Crippen LogP contribution in [0.5, 0.6) is 0 Å². The molecule has 1 rings (SSSR count). The molecule has 18 heavy (non-hydrogen) atoms. The van der Waals surface area contributed by atoms with Crippen molar-refractivity contribution >= 4 is 29.5 Å². The Morgan fingerprint density at radius 3 is 2.56 bits per heavy atom. The molecule has 0 bridgehead atoms. The first-order valence-electron chi connectivity index (χ1n) is 5.82. The van der Waals surface area contributed by atoms with Crippen LogP contribution in [0, 0.1) is 0 Å². The summed E-state index contributed by atoms with van der Waals surface area (Å²) in [7, 11) is 0. The summed E-state index contributed by atoms with van der Waals surface area (Å²) in [5.41, 5.74) is 0. The van der Waals surface area contributed by atoms with Gasteiger partial charge in [0.15, 0.2) is 0 Å². The molecule has 2 N–H and O–H groups in total. The number of carboxylic acid groups (broad SMARTS) is 1. The number of amides is 2. The molecule has 1 saturated heterocycles. The molecule has 2 amide bonds. The Kier molecular flexibility index (Phi) is 5.01. The fourth-order valence-electron chi connectivity index (χ4n) is 1.95. The van der Waals surface area contributed by atoms with Gasteiger partial charge in [0.05, 0.1) is 5.37 Å².